The summed E-state index contributed by atoms with van der Waals surface area (Å²) in [6.07, 6.45) is 0.639. The third-order valence-corrected chi connectivity index (χ3v) is 0.149. The fraction of sp³-hybridized carbons (Fsp3) is 0.500. The molecule has 0 saturated carbocycles. The zero-order chi connectivity index (χ0) is 6.99. The lowest BCUT2D eigenvalue weighted by Crippen LogP contribution is -1.89. The molecule has 1 N–H and O–H groups in total. The summed E-state index contributed by atoms with van der Waals surface area (Å²) in [7, 11) is 3.75. The Morgan fingerprint density at radius 1 is 1.75 bits per heavy atom. The maximum atomic E-state index is 9.06. The van der Waals surface area contributed by atoms with E-state index in [0.717, 1.165) is 0 Å². The van der Waals surface area contributed by atoms with Crippen LogP contribution in [0.2, 0.25) is 0 Å². The topological polar surface area (TPSA) is 55.2 Å². The van der Waals surface area contributed by atoms with Crippen LogP contribution in [0.4, 0.5) is 0 Å². The van der Waals surface area contributed by atoms with Gasteiger partial charge >= 0.3 is 0 Å². The first-order valence-corrected chi connectivity index (χ1v) is 2.03. The summed E-state index contributed by atoms with van der Waals surface area (Å²) in [4.78, 5) is 8.44. The molecule has 0 amide bonds. The molecular formula is C4H10N2O2. The Bertz CT molecular complexity index is 72.4. The molecule has 48 valence electrons. The van der Waals surface area contributed by atoms with Crippen LogP contribution in [0.1, 0.15) is 0 Å². The van der Waals surface area contributed by atoms with E-state index in [9.17, 15) is 0 Å². The molecule has 0 bridgehead atoms. The number of nitrogens with one attached hydrogen (secondary N) is 1. The van der Waals surface area contributed by atoms with Crippen molar-refractivity contribution in [3.05, 3.63) is 22.9 Å². The number of rotatable bonds is 1. The molecule has 8 heavy (non-hydrogen) atoms. The Morgan fingerprint density at radius 3 is 1.88 bits per heavy atom. The number of nitrogens with zero attached hydrogens (tertiary/aromatic N) is 1. The van der Waals surface area contributed by atoms with Crippen LogP contribution in [0.3, 0.4) is 0 Å². The fourth-order valence-electron chi connectivity index (χ4n) is 0. The Kier molecular flexibility index (Phi) is 12.0. The third-order valence-electron chi connectivity index (χ3n) is 0.149. The van der Waals surface area contributed by atoms with E-state index in [2.05, 4.69) is 11.9 Å². The molecular weight excluding hydrogens is 108 g/mol. The van der Waals surface area contributed by atoms with Gasteiger partial charge in [0.1, 0.15) is 0 Å². The molecule has 0 aromatic carbocycles. The maximum Gasteiger partial charge on any atom is 0.227 e. The molecule has 0 atom stereocenters. The van der Waals surface area contributed by atoms with Gasteiger partial charge < -0.3 is 5.32 Å². The van der Waals surface area contributed by atoms with Gasteiger partial charge in [-0.3, -0.25) is 10.1 Å². The van der Waals surface area contributed by atoms with Crippen molar-refractivity contribution >= 4 is 0 Å². The molecule has 0 aliphatic heterocycles. The molecule has 0 aliphatic carbocycles. The highest BCUT2D eigenvalue weighted by molar-refractivity contribution is 4.43. The zero-order valence-electron chi connectivity index (χ0n) is 5.05. The molecule has 0 fully saturated rings. The number of nitro groups is 1. The van der Waals surface area contributed by atoms with Crippen LogP contribution in [0.25, 0.3) is 0 Å². The highest BCUT2D eigenvalue weighted by Crippen LogP contribution is 1.57. The zero-order valence-corrected chi connectivity index (χ0v) is 5.05. The van der Waals surface area contributed by atoms with E-state index in [0.29, 0.717) is 6.20 Å². The Hall–Kier alpha value is -0.900. The Morgan fingerprint density at radius 2 is 1.88 bits per heavy atom. The van der Waals surface area contributed by atoms with Gasteiger partial charge in [-0.15, -0.1) is 0 Å². The van der Waals surface area contributed by atoms with Gasteiger partial charge in [0, 0.05) is 0 Å². The second-order valence-electron chi connectivity index (χ2n) is 0.968. The molecule has 0 saturated heterocycles. The van der Waals surface area contributed by atoms with Crippen LogP contribution in [-0.4, -0.2) is 19.0 Å². The molecule has 0 heterocycles. The van der Waals surface area contributed by atoms with E-state index in [1.807, 2.05) is 14.1 Å². The van der Waals surface area contributed by atoms with Crippen molar-refractivity contribution < 1.29 is 4.92 Å². The quantitative estimate of drug-likeness (QED) is 0.396. The van der Waals surface area contributed by atoms with Crippen molar-refractivity contribution in [2.45, 2.75) is 0 Å². The lowest BCUT2D eigenvalue weighted by atomic mass is 11.1. The van der Waals surface area contributed by atoms with E-state index < -0.39 is 4.92 Å². The highest BCUT2D eigenvalue weighted by Gasteiger charge is 1.69. The van der Waals surface area contributed by atoms with Gasteiger partial charge in [-0.25, -0.2) is 0 Å². The van der Waals surface area contributed by atoms with E-state index >= 15 is 0 Å². The van der Waals surface area contributed by atoms with Crippen LogP contribution in [-0.2, 0) is 0 Å². The van der Waals surface area contributed by atoms with Gasteiger partial charge in [-0.05, 0) is 20.7 Å². The van der Waals surface area contributed by atoms with Crippen molar-refractivity contribution in [1.82, 2.24) is 5.32 Å². The average Bonchev–Trinajstić information content (AvgIpc) is 1.69. The van der Waals surface area contributed by atoms with Gasteiger partial charge in [0.15, 0.2) is 0 Å². The molecule has 0 unspecified atom stereocenters. The van der Waals surface area contributed by atoms with Gasteiger partial charge in [0.2, 0.25) is 6.20 Å². The lowest BCUT2D eigenvalue weighted by molar-refractivity contribution is -0.401. The van der Waals surface area contributed by atoms with Crippen LogP contribution in [0.5, 0.6) is 0 Å². The monoisotopic (exact) mass is 118 g/mol. The largest absolute Gasteiger partial charge is 0.323 e. The normalized spacial score (nSPS) is 6.25. The summed E-state index contributed by atoms with van der Waals surface area (Å²) >= 11 is 0. The summed E-state index contributed by atoms with van der Waals surface area (Å²) in [6, 6.07) is 0. The van der Waals surface area contributed by atoms with Crippen molar-refractivity contribution in [1.29, 1.82) is 0 Å². The third kappa shape index (κ3) is 70.9. The first-order valence-electron chi connectivity index (χ1n) is 2.03. The summed E-state index contributed by atoms with van der Waals surface area (Å²) < 4.78 is 0. The van der Waals surface area contributed by atoms with E-state index in [4.69, 9.17) is 10.1 Å². The average molecular weight is 118 g/mol. The molecule has 0 radical (unpaired) electrons. The van der Waals surface area contributed by atoms with Crippen LogP contribution in [0, 0.1) is 10.1 Å². The molecule has 4 heteroatoms. The van der Waals surface area contributed by atoms with Gasteiger partial charge in [0.25, 0.3) is 0 Å². The molecule has 4 nitrogen and oxygen atoms in total. The van der Waals surface area contributed by atoms with Crippen LogP contribution < -0.4 is 5.32 Å². The molecule has 0 aromatic heterocycles. The van der Waals surface area contributed by atoms with Crippen LogP contribution in [0.15, 0.2) is 12.8 Å². The minimum Gasteiger partial charge on any atom is -0.323 e. The molecule has 0 aliphatic rings. The minimum atomic E-state index is -0.611. The Labute approximate surface area is 48.4 Å². The first-order chi connectivity index (χ1) is 3.68. The van der Waals surface area contributed by atoms with E-state index in [-0.39, 0.29) is 0 Å². The van der Waals surface area contributed by atoms with E-state index in [1.165, 1.54) is 0 Å². The van der Waals surface area contributed by atoms with Crippen molar-refractivity contribution in [3.8, 4) is 0 Å². The van der Waals surface area contributed by atoms with Gasteiger partial charge in [-0.1, -0.05) is 0 Å². The predicted octanol–water partition coefficient (Wildman–Crippen LogP) is 0.242. The number of hydrogen-bond acceptors (Lipinski definition) is 3. The fourth-order valence-corrected chi connectivity index (χ4v) is 0. The molecule has 0 spiro atoms. The summed E-state index contributed by atoms with van der Waals surface area (Å²) in [5.74, 6) is 0. The summed E-state index contributed by atoms with van der Waals surface area (Å²) in [5, 5.41) is 11.8. The molecule has 0 aromatic rings. The maximum absolute atomic E-state index is 9.06. The Balaban J connectivity index is 0. The smallest absolute Gasteiger partial charge is 0.227 e. The SMILES string of the molecule is C=C[N+](=O)[O-].CNC. The number of hydrogen-bond donors (Lipinski definition) is 1. The second kappa shape index (κ2) is 9.44. The van der Waals surface area contributed by atoms with Crippen molar-refractivity contribution in [2.75, 3.05) is 14.1 Å². The second-order valence-corrected chi connectivity index (χ2v) is 0.968. The van der Waals surface area contributed by atoms with Crippen molar-refractivity contribution in [2.24, 2.45) is 0 Å². The van der Waals surface area contributed by atoms with E-state index in [1.54, 1.807) is 0 Å². The first kappa shape index (κ1) is 10.2. The molecule has 0 rings (SSSR count). The van der Waals surface area contributed by atoms with Crippen molar-refractivity contribution in [3.63, 3.8) is 0 Å². The summed E-state index contributed by atoms with van der Waals surface area (Å²) in [5.41, 5.74) is 0. The predicted molar refractivity (Wildman–Crippen MR) is 32.2 cm³/mol. The highest BCUT2D eigenvalue weighted by atomic mass is 16.6. The van der Waals surface area contributed by atoms with Crippen LogP contribution >= 0.6 is 0 Å². The lowest BCUT2D eigenvalue weighted by Gasteiger charge is -1.65. The summed E-state index contributed by atoms with van der Waals surface area (Å²) in [6.45, 7) is 2.86. The minimum absolute atomic E-state index is 0.611. The van der Waals surface area contributed by atoms with Gasteiger partial charge in [-0.2, -0.15) is 0 Å². The van der Waals surface area contributed by atoms with Gasteiger partial charge in [0.05, 0.1) is 4.92 Å². The standard InChI is InChI=1S/C2H3NO2.C2H7N/c1-2-3(4)5;1-3-2/h2H,1H2;3H,1-2H3.